The summed E-state index contributed by atoms with van der Waals surface area (Å²) in [4.78, 5) is 11.9. The molecule has 0 aromatic carbocycles. The van der Waals surface area contributed by atoms with Crippen molar-refractivity contribution in [2.45, 2.75) is 32.6 Å². The fourth-order valence-corrected chi connectivity index (χ4v) is 2.86. The van der Waals surface area contributed by atoms with Gasteiger partial charge < -0.3 is 15.0 Å². The Morgan fingerprint density at radius 3 is 2.56 bits per heavy atom. The Kier molecular flexibility index (Phi) is 9.57. The zero-order valence-corrected chi connectivity index (χ0v) is 18.1. The molecule has 1 aromatic rings. The van der Waals surface area contributed by atoms with Gasteiger partial charge in [-0.1, -0.05) is 6.07 Å². The zero-order valence-electron chi connectivity index (χ0n) is 15.8. The maximum absolute atomic E-state index is 12.9. The molecule has 1 aliphatic rings. The van der Waals surface area contributed by atoms with E-state index in [1.807, 2.05) is 24.0 Å². The van der Waals surface area contributed by atoms with Crippen LogP contribution < -0.4 is 10.1 Å². The average Bonchev–Trinajstić information content (AvgIpc) is 2.63. The average molecular weight is 501 g/mol. The standard InChI is InChI=1S/C17H26F3N5O.HI/c1-4-26-15-14(6-5-7-22-15)12-23-16(21-3)25-10-8-24(9-11-25)13(2)17(18,19)20;/h5-7,13H,4,8-12H2,1-3H3,(H,21,23);1H. The second kappa shape index (κ2) is 10.9. The third-order valence-corrected chi connectivity index (χ3v) is 4.42. The molecule has 0 radical (unpaired) electrons. The number of guanidine groups is 1. The summed E-state index contributed by atoms with van der Waals surface area (Å²) < 4.78 is 44.1. The van der Waals surface area contributed by atoms with Gasteiger partial charge in [-0.2, -0.15) is 13.2 Å². The number of hydrogen-bond acceptors (Lipinski definition) is 4. The van der Waals surface area contributed by atoms with Crippen molar-refractivity contribution in [1.82, 2.24) is 20.1 Å². The number of nitrogens with one attached hydrogen (secondary N) is 1. The molecule has 1 N–H and O–H groups in total. The predicted octanol–water partition coefficient (Wildman–Crippen LogP) is 2.74. The first-order valence-electron chi connectivity index (χ1n) is 8.69. The van der Waals surface area contributed by atoms with Crippen molar-refractivity contribution in [1.29, 1.82) is 0 Å². The Labute approximate surface area is 175 Å². The Hall–Kier alpha value is -1.30. The third-order valence-electron chi connectivity index (χ3n) is 4.42. The lowest BCUT2D eigenvalue weighted by Gasteiger charge is -2.39. The number of alkyl halides is 3. The van der Waals surface area contributed by atoms with E-state index in [4.69, 9.17) is 4.74 Å². The summed E-state index contributed by atoms with van der Waals surface area (Å²) in [6.07, 6.45) is -2.53. The summed E-state index contributed by atoms with van der Waals surface area (Å²) in [7, 11) is 1.67. The molecule has 1 aromatic heterocycles. The third kappa shape index (κ3) is 6.66. The smallest absolute Gasteiger partial charge is 0.403 e. The van der Waals surface area contributed by atoms with Crippen LogP contribution in [0.25, 0.3) is 0 Å². The summed E-state index contributed by atoms with van der Waals surface area (Å²) in [6.45, 7) is 5.79. The quantitative estimate of drug-likeness (QED) is 0.382. The molecule has 2 rings (SSSR count). The summed E-state index contributed by atoms with van der Waals surface area (Å²) in [5, 5.41) is 3.24. The number of halogens is 4. The van der Waals surface area contributed by atoms with Crippen molar-refractivity contribution in [2.75, 3.05) is 39.8 Å². The fourth-order valence-electron chi connectivity index (χ4n) is 2.86. The van der Waals surface area contributed by atoms with E-state index in [-0.39, 0.29) is 24.0 Å². The first-order chi connectivity index (χ1) is 12.4. The highest BCUT2D eigenvalue weighted by Gasteiger charge is 2.41. The van der Waals surface area contributed by atoms with Crippen molar-refractivity contribution in [3.63, 3.8) is 0 Å². The molecular formula is C17H27F3IN5O. The number of ether oxygens (including phenoxy) is 1. The van der Waals surface area contributed by atoms with Gasteiger partial charge in [-0.05, 0) is 19.9 Å². The molecule has 2 heterocycles. The van der Waals surface area contributed by atoms with Crippen LogP contribution in [0.15, 0.2) is 23.3 Å². The monoisotopic (exact) mass is 501 g/mol. The van der Waals surface area contributed by atoms with Crippen LogP contribution in [-0.2, 0) is 6.54 Å². The largest absolute Gasteiger partial charge is 0.478 e. The first-order valence-corrected chi connectivity index (χ1v) is 8.69. The van der Waals surface area contributed by atoms with Gasteiger partial charge in [0.15, 0.2) is 5.96 Å². The number of aromatic nitrogens is 1. The molecule has 1 saturated heterocycles. The molecule has 1 aliphatic heterocycles. The Bertz CT molecular complexity index is 606. The maximum atomic E-state index is 12.9. The molecule has 1 atom stereocenters. The zero-order chi connectivity index (χ0) is 19.2. The van der Waals surface area contributed by atoms with E-state index in [0.29, 0.717) is 51.2 Å². The van der Waals surface area contributed by atoms with Crippen molar-refractivity contribution >= 4 is 29.9 Å². The number of pyridine rings is 1. The molecule has 10 heteroatoms. The SMILES string of the molecule is CCOc1ncccc1CNC(=NC)N1CCN(C(C)C(F)(F)F)CC1.I. The fraction of sp³-hybridized carbons (Fsp3) is 0.647. The predicted molar refractivity (Wildman–Crippen MR) is 110 cm³/mol. The Morgan fingerprint density at radius 2 is 2.00 bits per heavy atom. The summed E-state index contributed by atoms with van der Waals surface area (Å²) in [5.41, 5.74) is 0.903. The lowest BCUT2D eigenvalue weighted by molar-refractivity contribution is -0.181. The molecule has 6 nitrogen and oxygen atoms in total. The van der Waals surface area contributed by atoms with Crippen LogP contribution >= 0.6 is 24.0 Å². The highest BCUT2D eigenvalue weighted by atomic mass is 127. The van der Waals surface area contributed by atoms with Crippen molar-refractivity contribution < 1.29 is 17.9 Å². The molecule has 0 saturated carbocycles. The number of piperazine rings is 1. The molecule has 0 amide bonds. The van der Waals surface area contributed by atoms with Gasteiger partial charge in [-0.15, -0.1) is 24.0 Å². The van der Waals surface area contributed by atoms with E-state index in [0.717, 1.165) is 5.56 Å². The van der Waals surface area contributed by atoms with Gasteiger partial charge in [0.05, 0.1) is 6.61 Å². The lowest BCUT2D eigenvalue weighted by atomic mass is 10.2. The summed E-state index contributed by atoms with van der Waals surface area (Å²) in [6, 6.07) is 2.32. The van der Waals surface area contributed by atoms with Crippen LogP contribution in [0.5, 0.6) is 5.88 Å². The minimum absolute atomic E-state index is 0. The first kappa shape index (κ1) is 23.7. The molecule has 0 spiro atoms. The van der Waals surface area contributed by atoms with Gasteiger partial charge in [-0.25, -0.2) is 4.98 Å². The van der Waals surface area contributed by atoms with E-state index in [1.54, 1.807) is 13.2 Å². The second-order valence-corrected chi connectivity index (χ2v) is 6.04. The second-order valence-electron chi connectivity index (χ2n) is 6.04. The Morgan fingerprint density at radius 1 is 1.33 bits per heavy atom. The number of nitrogens with zero attached hydrogens (tertiary/aromatic N) is 4. The van der Waals surface area contributed by atoms with E-state index in [2.05, 4.69) is 15.3 Å². The van der Waals surface area contributed by atoms with Gasteiger partial charge in [0.1, 0.15) is 6.04 Å². The molecule has 27 heavy (non-hydrogen) atoms. The van der Waals surface area contributed by atoms with Gasteiger partial charge in [0.25, 0.3) is 0 Å². The Balaban J connectivity index is 0.00000364. The van der Waals surface area contributed by atoms with E-state index < -0.39 is 12.2 Å². The molecular weight excluding hydrogens is 474 g/mol. The molecule has 0 bridgehead atoms. The molecule has 154 valence electrons. The number of aliphatic imine (C=N–C) groups is 1. The minimum Gasteiger partial charge on any atom is -0.478 e. The van der Waals surface area contributed by atoms with Gasteiger partial charge in [0.2, 0.25) is 5.88 Å². The van der Waals surface area contributed by atoms with Crippen molar-refractivity contribution in [2.24, 2.45) is 4.99 Å². The van der Waals surface area contributed by atoms with Crippen LogP contribution in [0.2, 0.25) is 0 Å². The van der Waals surface area contributed by atoms with Crippen molar-refractivity contribution in [3.8, 4) is 5.88 Å². The highest BCUT2D eigenvalue weighted by Crippen LogP contribution is 2.25. The van der Waals surface area contributed by atoms with E-state index in [9.17, 15) is 13.2 Å². The van der Waals surface area contributed by atoms with Crippen LogP contribution in [0.3, 0.4) is 0 Å². The lowest BCUT2D eigenvalue weighted by Crippen LogP contribution is -2.56. The van der Waals surface area contributed by atoms with Gasteiger partial charge >= 0.3 is 6.18 Å². The summed E-state index contributed by atoms with van der Waals surface area (Å²) >= 11 is 0. The normalized spacial score (nSPS) is 17.3. The number of hydrogen-bond donors (Lipinski definition) is 1. The van der Waals surface area contributed by atoms with Gasteiger partial charge in [0, 0.05) is 51.5 Å². The minimum atomic E-state index is -4.20. The van der Waals surface area contributed by atoms with Crippen LogP contribution in [-0.4, -0.2) is 72.8 Å². The summed E-state index contributed by atoms with van der Waals surface area (Å²) in [5.74, 6) is 1.23. The van der Waals surface area contributed by atoms with Crippen LogP contribution in [0.1, 0.15) is 19.4 Å². The van der Waals surface area contributed by atoms with Crippen LogP contribution in [0.4, 0.5) is 13.2 Å². The van der Waals surface area contributed by atoms with E-state index >= 15 is 0 Å². The van der Waals surface area contributed by atoms with Crippen LogP contribution in [0, 0.1) is 0 Å². The molecule has 1 unspecified atom stereocenters. The number of rotatable bonds is 5. The highest BCUT2D eigenvalue weighted by molar-refractivity contribution is 14.0. The van der Waals surface area contributed by atoms with E-state index in [1.165, 1.54) is 11.8 Å². The molecule has 0 aliphatic carbocycles. The van der Waals surface area contributed by atoms with Crippen molar-refractivity contribution in [3.05, 3.63) is 23.9 Å². The molecule has 1 fully saturated rings. The maximum Gasteiger partial charge on any atom is 0.403 e. The topological polar surface area (TPSA) is 53.0 Å². The van der Waals surface area contributed by atoms with Gasteiger partial charge in [-0.3, -0.25) is 9.89 Å².